The van der Waals surface area contributed by atoms with E-state index in [1.807, 2.05) is 13.8 Å². The SMILES string of the molecule is Cc1ccc(S(=O)(=O)N(C)C[C@H]2Oc3ccc(NC(=O)Nc4ccc(F)cc4)cc3CC(=O)N([C@@H](C)CO)C[C@H]2C)cc1. The molecule has 0 aromatic heterocycles. The number of ether oxygens (including phenoxy) is 1. The van der Waals surface area contributed by atoms with Crippen LogP contribution in [0.3, 0.4) is 0 Å². The average molecular weight is 613 g/mol. The number of fused-ring (bicyclic) bond motifs is 1. The molecule has 3 atom stereocenters. The minimum absolute atomic E-state index is 0.00638. The molecule has 1 aliphatic rings. The van der Waals surface area contributed by atoms with Crippen LogP contribution >= 0.6 is 0 Å². The molecule has 10 nitrogen and oxygen atoms in total. The van der Waals surface area contributed by atoms with Crippen LogP contribution in [-0.2, 0) is 21.2 Å². The maximum atomic E-state index is 13.5. The van der Waals surface area contributed by atoms with E-state index in [1.54, 1.807) is 54.3 Å². The van der Waals surface area contributed by atoms with Crippen LogP contribution in [0.4, 0.5) is 20.6 Å². The Morgan fingerprint density at radius 1 is 1.09 bits per heavy atom. The molecule has 3 aromatic carbocycles. The van der Waals surface area contributed by atoms with Crippen molar-refractivity contribution < 1.29 is 32.2 Å². The fourth-order valence-corrected chi connectivity index (χ4v) is 5.98. The van der Waals surface area contributed by atoms with Gasteiger partial charge < -0.3 is 25.4 Å². The number of aliphatic hydroxyl groups excluding tert-OH is 1. The second-order valence-corrected chi connectivity index (χ2v) is 12.9. The number of hydrogen-bond acceptors (Lipinski definition) is 6. The molecule has 0 radical (unpaired) electrons. The van der Waals surface area contributed by atoms with Gasteiger partial charge in [-0.2, -0.15) is 4.31 Å². The molecule has 0 fully saturated rings. The van der Waals surface area contributed by atoms with E-state index < -0.39 is 34.0 Å². The zero-order chi connectivity index (χ0) is 31.3. The fraction of sp³-hybridized carbons (Fsp3) is 0.355. The van der Waals surface area contributed by atoms with Crippen LogP contribution in [0.2, 0.25) is 0 Å². The van der Waals surface area contributed by atoms with Crippen molar-refractivity contribution in [3.63, 3.8) is 0 Å². The summed E-state index contributed by atoms with van der Waals surface area (Å²) >= 11 is 0. The number of benzene rings is 3. The van der Waals surface area contributed by atoms with Crippen molar-refractivity contribution in [1.29, 1.82) is 0 Å². The van der Waals surface area contributed by atoms with Crippen molar-refractivity contribution in [2.75, 3.05) is 37.4 Å². The number of rotatable bonds is 8. The number of carbonyl (C=O) groups is 2. The second-order valence-electron chi connectivity index (χ2n) is 10.9. The molecule has 0 unspecified atom stereocenters. The third kappa shape index (κ3) is 7.89. The van der Waals surface area contributed by atoms with Gasteiger partial charge in [0, 0.05) is 36.4 Å². The highest BCUT2D eigenvalue weighted by Gasteiger charge is 2.33. The highest BCUT2D eigenvalue weighted by atomic mass is 32.2. The summed E-state index contributed by atoms with van der Waals surface area (Å²) in [6.07, 6.45) is -0.713. The summed E-state index contributed by atoms with van der Waals surface area (Å²) in [5.41, 5.74) is 2.22. The number of halogens is 1. The van der Waals surface area contributed by atoms with Gasteiger partial charge in [0.2, 0.25) is 15.9 Å². The number of urea groups is 1. The van der Waals surface area contributed by atoms with Gasteiger partial charge in [-0.3, -0.25) is 4.79 Å². The number of anilines is 2. The Balaban J connectivity index is 1.61. The van der Waals surface area contributed by atoms with Gasteiger partial charge in [-0.05, 0) is 68.4 Å². The minimum Gasteiger partial charge on any atom is -0.488 e. The monoisotopic (exact) mass is 612 g/mol. The maximum absolute atomic E-state index is 13.5. The van der Waals surface area contributed by atoms with E-state index in [9.17, 15) is 27.5 Å². The second kappa shape index (κ2) is 13.5. The van der Waals surface area contributed by atoms with Crippen molar-refractivity contribution in [1.82, 2.24) is 9.21 Å². The minimum atomic E-state index is -3.82. The Morgan fingerprint density at radius 2 is 1.72 bits per heavy atom. The first kappa shape index (κ1) is 31.9. The number of nitrogens with one attached hydrogen (secondary N) is 2. The summed E-state index contributed by atoms with van der Waals surface area (Å²) in [7, 11) is -2.33. The fourth-order valence-electron chi connectivity index (χ4n) is 4.79. The predicted octanol–water partition coefficient (Wildman–Crippen LogP) is 4.25. The van der Waals surface area contributed by atoms with E-state index in [4.69, 9.17) is 4.74 Å². The van der Waals surface area contributed by atoms with E-state index in [-0.39, 0.29) is 42.8 Å². The predicted molar refractivity (Wildman–Crippen MR) is 162 cm³/mol. The Kier molecular flexibility index (Phi) is 10.0. The Morgan fingerprint density at radius 3 is 2.37 bits per heavy atom. The van der Waals surface area contributed by atoms with Crippen molar-refractivity contribution >= 4 is 33.3 Å². The van der Waals surface area contributed by atoms with Gasteiger partial charge in [0.05, 0.1) is 30.5 Å². The third-order valence-corrected chi connectivity index (χ3v) is 9.28. The molecule has 0 bridgehead atoms. The number of nitrogens with zero attached hydrogens (tertiary/aromatic N) is 2. The smallest absolute Gasteiger partial charge is 0.323 e. The third-order valence-electron chi connectivity index (χ3n) is 7.44. The maximum Gasteiger partial charge on any atom is 0.323 e. The first-order valence-corrected chi connectivity index (χ1v) is 15.4. The first-order chi connectivity index (χ1) is 20.4. The topological polar surface area (TPSA) is 128 Å². The zero-order valence-electron chi connectivity index (χ0n) is 24.6. The van der Waals surface area contributed by atoms with Crippen LogP contribution in [0.15, 0.2) is 71.6 Å². The van der Waals surface area contributed by atoms with E-state index >= 15 is 0 Å². The van der Waals surface area contributed by atoms with Crippen LogP contribution in [0.5, 0.6) is 5.75 Å². The molecule has 0 spiro atoms. The number of aryl methyl sites for hydroxylation is 1. The first-order valence-electron chi connectivity index (χ1n) is 13.9. The van der Waals surface area contributed by atoms with Gasteiger partial charge in [-0.25, -0.2) is 17.6 Å². The van der Waals surface area contributed by atoms with Crippen molar-refractivity contribution in [2.45, 2.75) is 44.2 Å². The summed E-state index contributed by atoms with van der Waals surface area (Å²) < 4.78 is 47.6. The average Bonchev–Trinajstić information content (AvgIpc) is 3.01. The standard InChI is InChI=1S/C31H37FN4O6S/c1-20-5-12-27(13-6-20)43(40,41)35(4)18-29-21(2)17-36(22(3)19-37)30(38)16-23-15-26(11-14-28(23)42-29)34-31(39)33-25-9-7-24(32)8-10-25/h5-15,21-22,29,37H,16-19H2,1-4H3,(H2,33,34,39)/t21-,22+,29-/m1/s1. The number of likely N-dealkylation sites (N-methyl/N-ethyl adjacent to an activating group) is 1. The molecule has 0 saturated carbocycles. The molecule has 1 heterocycles. The van der Waals surface area contributed by atoms with Crippen molar-refractivity contribution in [3.05, 3.63) is 83.7 Å². The summed E-state index contributed by atoms with van der Waals surface area (Å²) in [5, 5.41) is 15.2. The van der Waals surface area contributed by atoms with Gasteiger partial charge in [0.1, 0.15) is 17.7 Å². The van der Waals surface area contributed by atoms with E-state index in [0.717, 1.165) is 5.56 Å². The lowest BCUT2D eigenvalue weighted by Crippen LogP contribution is -2.48. The Labute approximate surface area is 251 Å². The highest BCUT2D eigenvalue weighted by molar-refractivity contribution is 7.89. The number of amides is 3. The largest absolute Gasteiger partial charge is 0.488 e. The normalized spacial score (nSPS) is 18.1. The summed E-state index contributed by atoms with van der Waals surface area (Å²) in [6.45, 7) is 5.50. The van der Waals surface area contributed by atoms with Crippen LogP contribution in [0.25, 0.3) is 0 Å². The summed E-state index contributed by atoms with van der Waals surface area (Å²) in [4.78, 5) is 27.8. The van der Waals surface area contributed by atoms with Crippen molar-refractivity contribution in [3.8, 4) is 5.75 Å². The number of aliphatic hydroxyl groups is 1. The lowest BCUT2D eigenvalue weighted by Gasteiger charge is -2.33. The number of sulfonamides is 1. The molecule has 3 amide bonds. The molecule has 3 N–H and O–H groups in total. The molecule has 3 aromatic rings. The van der Waals surface area contributed by atoms with Crippen LogP contribution in [0, 0.1) is 18.7 Å². The summed E-state index contributed by atoms with van der Waals surface area (Å²) in [5.74, 6) is -0.593. The van der Waals surface area contributed by atoms with Gasteiger partial charge in [0.15, 0.2) is 0 Å². The lowest BCUT2D eigenvalue weighted by atomic mass is 10.0. The molecule has 230 valence electrons. The van der Waals surface area contributed by atoms with Crippen LogP contribution in [-0.4, -0.2) is 73.6 Å². The van der Waals surface area contributed by atoms with Crippen molar-refractivity contribution in [2.24, 2.45) is 5.92 Å². The molecule has 12 heteroatoms. The van der Waals surface area contributed by atoms with E-state index in [1.165, 1.54) is 35.6 Å². The lowest BCUT2D eigenvalue weighted by molar-refractivity contribution is -0.134. The molecule has 0 aliphatic carbocycles. The Hall–Kier alpha value is -4.00. The quantitative estimate of drug-likeness (QED) is 0.349. The molecular formula is C31H37FN4O6S. The molecule has 43 heavy (non-hydrogen) atoms. The zero-order valence-corrected chi connectivity index (χ0v) is 25.4. The molecule has 1 aliphatic heterocycles. The molecular weight excluding hydrogens is 575 g/mol. The molecule has 0 saturated heterocycles. The van der Waals surface area contributed by atoms with Crippen LogP contribution in [0.1, 0.15) is 25.0 Å². The van der Waals surface area contributed by atoms with E-state index in [2.05, 4.69) is 10.6 Å². The van der Waals surface area contributed by atoms with Crippen LogP contribution < -0.4 is 15.4 Å². The van der Waals surface area contributed by atoms with Gasteiger partial charge in [-0.1, -0.05) is 24.6 Å². The Bertz CT molecular complexity index is 1550. The summed E-state index contributed by atoms with van der Waals surface area (Å²) in [6, 6.07) is 15.8. The molecule has 4 rings (SSSR count). The van der Waals surface area contributed by atoms with Gasteiger partial charge in [-0.15, -0.1) is 0 Å². The number of hydrogen-bond donors (Lipinski definition) is 3. The highest BCUT2D eigenvalue weighted by Crippen LogP contribution is 2.30. The van der Waals surface area contributed by atoms with Gasteiger partial charge >= 0.3 is 6.03 Å². The number of carbonyl (C=O) groups excluding carboxylic acids is 2. The van der Waals surface area contributed by atoms with Gasteiger partial charge in [0.25, 0.3) is 0 Å². The van der Waals surface area contributed by atoms with E-state index in [0.29, 0.717) is 22.7 Å².